The molecule has 0 amide bonds. The van der Waals surface area contributed by atoms with E-state index < -0.39 is 0 Å². The smallest absolute Gasteiger partial charge is 0.255 e. The maximum atomic E-state index is 12.5. The van der Waals surface area contributed by atoms with E-state index in [4.69, 9.17) is 14.5 Å². The van der Waals surface area contributed by atoms with E-state index in [0.717, 1.165) is 29.8 Å². The molecule has 0 bridgehead atoms. The van der Waals surface area contributed by atoms with Crippen molar-refractivity contribution >= 4 is 5.95 Å². The number of anilines is 1. The van der Waals surface area contributed by atoms with Gasteiger partial charge in [0.25, 0.3) is 5.56 Å². The van der Waals surface area contributed by atoms with E-state index in [1.807, 2.05) is 36.4 Å². The van der Waals surface area contributed by atoms with Crippen LogP contribution in [-0.2, 0) is 11.8 Å². The molecule has 29 heavy (non-hydrogen) atoms. The van der Waals surface area contributed by atoms with Crippen LogP contribution < -0.4 is 15.2 Å². The van der Waals surface area contributed by atoms with Gasteiger partial charge in [-0.2, -0.15) is 0 Å². The number of hydrogen-bond acceptors (Lipinski definition) is 6. The largest absolute Gasteiger partial charge is 0.497 e. The molecular formula is C22H24N4O3. The highest BCUT2D eigenvalue weighted by Crippen LogP contribution is 2.27. The quantitative estimate of drug-likeness (QED) is 0.680. The van der Waals surface area contributed by atoms with Crippen LogP contribution in [0.25, 0.3) is 11.3 Å². The second-order valence-corrected chi connectivity index (χ2v) is 6.98. The summed E-state index contributed by atoms with van der Waals surface area (Å²) in [5.41, 5.74) is 2.57. The summed E-state index contributed by atoms with van der Waals surface area (Å²) >= 11 is 0. The Bertz CT molecular complexity index is 1020. The predicted molar refractivity (Wildman–Crippen MR) is 111 cm³/mol. The molecule has 2 aromatic heterocycles. The average Bonchev–Trinajstić information content (AvgIpc) is 3.02. The zero-order valence-electron chi connectivity index (χ0n) is 16.6. The molecule has 1 atom stereocenters. The first-order chi connectivity index (χ1) is 14.2. The molecule has 1 aliphatic rings. The van der Waals surface area contributed by atoms with E-state index in [0.29, 0.717) is 24.8 Å². The maximum Gasteiger partial charge on any atom is 0.255 e. The lowest BCUT2D eigenvalue weighted by molar-refractivity contribution is 0.0647. The summed E-state index contributed by atoms with van der Waals surface area (Å²) in [7, 11) is 3.42. The van der Waals surface area contributed by atoms with Crippen molar-refractivity contribution in [3.63, 3.8) is 0 Å². The Morgan fingerprint density at radius 2 is 1.86 bits per heavy atom. The van der Waals surface area contributed by atoms with Crippen LogP contribution in [0.1, 0.15) is 18.1 Å². The third-order valence-electron chi connectivity index (χ3n) is 5.20. The van der Waals surface area contributed by atoms with Crippen molar-refractivity contribution in [1.82, 2.24) is 14.5 Å². The molecule has 7 heteroatoms. The Kier molecular flexibility index (Phi) is 5.57. The molecule has 7 nitrogen and oxygen atoms in total. The summed E-state index contributed by atoms with van der Waals surface area (Å²) in [6.45, 7) is 1.98. The SMILES string of the molecule is COc1ccc(C2CCN(c3nc(-c4ccncc4)cc(=O)n3C)CCO2)cc1. The minimum atomic E-state index is -0.0846. The van der Waals surface area contributed by atoms with Crippen LogP contribution in [0.5, 0.6) is 5.75 Å². The summed E-state index contributed by atoms with van der Waals surface area (Å²) < 4.78 is 12.9. The van der Waals surface area contributed by atoms with Crippen LogP contribution >= 0.6 is 0 Å². The molecule has 3 aromatic rings. The van der Waals surface area contributed by atoms with Gasteiger partial charge in [0, 0.05) is 44.2 Å². The van der Waals surface area contributed by atoms with Crippen LogP contribution in [-0.4, -0.2) is 41.3 Å². The number of rotatable bonds is 4. The second kappa shape index (κ2) is 8.45. The highest BCUT2D eigenvalue weighted by Gasteiger charge is 2.22. The number of methoxy groups -OCH3 is 1. The van der Waals surface area contributed by atoms with Crippen LogP contribution in [0.2, 0.25) is 0 Å². The summed E-state index contributed by atoms with van der Waals surface area (Å²) in [5.74, 6) is 1.49. The van der Waals surface area contributed by atoms with Crippen LogP contribution in [0, 0.1) is 0 Å². The number of benzene rings is 1. The van der Waals surface area contributed by atoms with Gasteiger partial charge in [-0.15, -0.1) is 0 Å². The monoisotopic (exact) mass is 392 g/mol. The molecule has 0 spiro atoms. The lowest BCUT2D eigenvalue weighted by Crippen LogP contribution is -2.33. The van der Waals surface area contributed by atoms with Gasteiger partial charge in [0.15, 0.2) is 0 Å². The van der Waals surface area contributed by atoms with Gasteiger partial charge in [0.2, 0.25) is 5.95 Å². The summed E-state index contributed by atoms with van der Waals surface area (Å²) in [5, 5.41) is 0. The van der Waals surface area contributed by atoms with Gasteiger partial charge in [-0.05, 0) is 36.2 Å². The molecule has 1 aromatic carbocycles. The van der Waals surface area contributed by atoms with Gasteiger partial charge in [-0.3, -0.25) is 14.3 Å². The molecule has 1 saturated heterocycles. The summed E-state index contributed by atoms with van der Waals surface area (Å²) in [4.78, 5) is 23.5. The van der Waals surface area contributed by atoms with Crippen molar-refractivity contribution in [3.8, 4) is 17.0 Å². The van der Waals surface area contributed by atoms with Gasteiger partial charge in [-0.25, -0.2) is 4.98 Å². The van der Waals surface area contributed by atoms with Gasteiger partial charge in [0.1, 0.15) is 5.75 Å². The fraction of sp³-hybridized carbons (Fsp3) is 0.318. The molecule has 1 aliphatic heterocycles. The second-order valence-electron chi connectivity index (χ2n) is 6.98. The first-order valence-electron chi connectivity index (χ1n) is 9.64. The Hall–Kier alpha value is -3.19. The third kappa shape index (κ3) is 4.14. The molecule has 3 heterocycles. The Morgan fingerprint density at radius 3 is 2.59 bits per heavy atom. The maximum absolute atomic E-state index is 12.5. The topological polar surface area (TPSA) is 69.5 Å². The van der Waals surface area contributed by atoms with Crippen molar-refractivity contribution in [2.45, 2.75) is 12.5 Å². The molecule has 150 valence electrons. The van der Waals surface area contributed by atoms with E-state index in [1.54, 1.807) is 37.2 Å². The number of aromatic nitrogens is 3. The van der Waals surface area contributed by atoms with Crippen molar-refractivity contribution in [2.24, 2.45) is 7.05 Å². The van der Waals surface area contributed by atoms with Crippen molar-refractivity contribution < 1.29 is 9.47 Å². The molecule has 1 fully saturated rings. The molecule has 4 rings (SSSR count). The fourth-order valence-electron chi connectivity index (χ4n) is 3.54. The van der Waals surface area contributed by atoms with E-state index in [-0.39, 0.29) is 11.7 Å². The third-order valence-corrected chi connectivity index (χ3v) is 5.20. The molecule has 0 N–H and O–H groups in total. The molecule has 0 saturated carbocycles. The number of ether oxygens (including phenoxy) is 2. The first-order valence-corrected chi connectivity index (χ1v) is 9.64. The van der Waals surface area contributed by atoms with Gasteiger partial charge in [-0.1, -0.05) is 12.1 Å². The minimum Gasteiger partial charge on any atom is -0.497 e. The lowest BCUT2D eigenvalue weighted by Gasteiger charge is -2.23. The predicted octanol–water partition coefficient (Wildman–Crippen LogP) is 2.82. The lowest BCUT2D eigenvalue weighted by atomic mass is 10.1. The van der Waals surface area contributed by atoms with Crippen LogP contribution in [0.3, 0.4) is 0 Å². The minimum absolute atomic E-state index is 0.00585. The number of nitrogens with zero attached hydrogens (tertiary/aromatic N) is 4. The van der Waals surface area contributed by atoms with Gasteiger partial charge in [0.05, 0.1) is 25.5 Å². The van der Waals surface area contributed by atoms with E-state index in [2.05, 4.69) is 9.88 Å². The average molecular weight is 392 g/mol. The normalized spacial score (nSPS) is 17.0. The standard InChI is InChI=1S/C22H24N4O3/c1-25-21(27)15-19(16-7-10-23-11-8-16)24-22(25)26-12-9-20(29-14-13-26)17-3-5-18(28-2)6-4-17/h3-8,10-11,15,20H,9,12-14H2,1-2H3. The van der Waals surface area contributed by atoms with E-state index in [1.165, 1.54) is 0 Å². The Balaban J connectivity index is 1.57. The van der Waals surface area contributed by atoms with Gasteiger partial charge >= 0.3 is 0 Å². The first kappa shape index (κ1) is 19.1. The highest BCUT2D eigenvalue weighted by molar-refractivity contribution is 5.59. The summed E-state index contributed by atoms with van der Waals surface area (Å²) in [6, 6.07) is 13.3. The zero-order chi connectivity index (χ0) is 20.2. The molecular weight excluding hydrogens is 368 g/mol. The molecule has 0 aliphatic carbocycles. The van der Waals surface area contributed by atoms with Crippen molar-refractivity contribution in [3.05, 3.63) is 70.8 Å². The zero-order valence-corrected chi connectivity index (χ0v) is 16.6. The summed E-state index contributed by atoms with van der Waals surface area (Å²) in [6.07, 6.45) is 4.22. The molecule has 1 unspecified atom stereocenters. The van der Waals surface area contributed by atoms with Crippen molar-refractivity contribution in [2.75, 3.05) is 31.7 Å². The molecule has 0 radical (unpaired) electrons. The van der Waals surface area contributed by atoms with Crippen LogP contribution in [0.4, 0.5) is 5.95 Å². The van der Waals surface area contributed by atoms with Gasteiger partial charge < -0.3 is 14.4 Å². The fourth-order valence-corrected chi connectivity index (χ4v) is 3.54. The Morgan fingerprint density at radius 1 is 1.10 bits per heavy atom. The van der Waals surface area contributed by atoms with E-state index in [9.17, 15) is 4.79 Å². The van der Waals surface area contributed by atoms with Crippen LogP contribution in [0.15, 0.2) is 59.7 Å². The number of pyridine rings is 1. The highest BCUT2D eigenvalue weighted by atomic mass is 16.5. The van der Waals surface area contributed by atoms with Crippen molar-refractivity contribution in [1.29, 1.82) is 0 Å². The van der Waals surface area contributed by atoms with E-state index >= 15 is 0 Å². The Labute approximate surface area is 169 Å². The number of hydrogen-bond donors (Lipinski definition) is 0.